The molecule has 0 aliphatic rings. The van der Waals surface area contributed by atoms with Crippen LogP contribution in [0.4, 0.5) is 0 Å². The van der Waals surface area contributed by atoms with Crippen molar-refractivity contribution >= 4 is 11.9 Å². The minimum Gasteiger partial charge on any atom is -0.370 e. The average molecular weight is 276 g/mol. The van der Waals surface area contributed by atoms with E-state index in [1.54, 1.807) is 6.07 Å². The van der Waals surface area contributed by atoms with Gasteiger partial charge in [-0.1, -0.05) is 31.0 Å². The Bertz CT molecular complexity index is 457. The van der Waals surface area contributed by atoms with Crippen molar-refractivity contribution in [3.8, 4) is 0 Å². The quantitative estimate of drug-likeness (QED) is 0.400. The highest BCUT2D eigenvalue weighted by Crippen LogP contribution is 2.03. The molecule has 0 spiro atoms. The van der Waals surface area contributed by atoms with Gasteiger partial charge < -0.3 is 16.4 Å². The summed E-state index contributed by atoms with van der Waals surface area (Å²) in [6.07, 6.45) is 2.13. The Morgan fingerprint density at radius 1 is 1.30 bits per heavy atom. The number of nitrogens with two attached hydrogens (primary N) is 1. The summed E-state index contributed by atoms with van der Waals surface area (Å²) in [4.78, 5) is 16.0. The number of benzene rings is 1. The maximum atomic E-state index is 11.9. The lowest BCUT2D eigenvalue weighted by Gasteiger charge is -2.08. The van der Waals surface area contributed by atoms with E-state index in [-0.39, 0.29) is 5.91 Å². The maximum absolute atomic E-state index is 11.9. The van der Waals surface area contributed by atoms with Crippen LogP contribution in [0, 0.1) is 6.92 Å². The van der Waals surface area contributed by atoms with E-state index in [1.807, 2.05) is 25.1 Å². The van der Waals surface area contributed by atoms with E-state index in [9.17, 15) is 4.79 Å². The van der Waals surface area contributed by atoms with Crippen molar-refractivity contribution in [1.82, 2.24) is 10.6 Å². The van der Waals surface area contributed by atoms with Gasteiger partial charge in [-0.25, -0.2) is 0 Å². The molecule has 0 aliphatic carbocycles. The zero-order valence-electron chi connectivity index (χ0n) is 12.3. The number of unbranched alkanes of at least 4 members (excludes halogenated alkanes) is 1. The van der Waals surface area contributed by atoms with E-state index < -0.39 is 0 Å². The van der Waals surface area contributed by atoms with E-state index in [1.165, 1.54) is 0 Å². The van der Waals surface area contributed by atoms with Crippen LogP contribution >= 0.6 is 0 Å². The minimum atomic E-state index is -0.0722. The molecule has 0 saturated carbocycles. The van der Waals surface area contributed by atoms with Crippen molar-refractivity contribution < 1.29 is 4.79 Å². The summed E-state index contributed by atoms with van der Waals surface area (Å²) in [5, 5.41) is 5.81. The second kappa shape index (κ2) is 8.96. The standard InChI is InChI=1S/C15H24N4O/c1-3-4-8-18-15(16)19-10-9-17-14(20)13-7-5-6-12(2)11-13/h5-7,11H,3-4,8-10H2,1-2H3,(H,17,20)(H3,16,18,19). The van der Waals surface area contributed by atoms with Crippen molar-refractivity contribution in [2.24, 2.45) is 10.7 Å². The van der Waals surface area contributed by atoms with E-state index in [4.69, 9.17) is 5.73 Å². The Labute approximate surface area is 120 Å². The number of hydrogen-bond acceptors (Lipinski definition) is 2. The zero-order chi connectivity index (χ0) is 14.8. The summed E-state index contributed by atoms with van der Waals surface area (Å²) < 4.78 is 0. The fraction of sp³-hybridized carbons (Fsp3) is 0.467. The third-order valence-corrected chi connectivity index (χ3v) is 2.79. The molecule has 0 fully saturated rings. The average Bonchev–Trinajstić information content (AvgIpc) is 2.43. The van der Waals surface area contributed by atoms with Crippen LogP contribution < -0.4 is 16.4 Å². The van der Waals surface area contributed by atoms with Gasteiger partial charge in [-0.3, -0.25) is 9.79 Å². The Balaban J connectivity index is 2.24. The summed E-state index contributed by atoms with van der Waals surface area (Å²) in [6, 6.07) is 7.51. The van der Waals surface area contributed by atoms with E-state index in [0.29, 0.717) is 24.6 Å². The maximum Gasteiger partial charge on any atom is 0.251 e. The van der Waals surface area contributed by atoms with Crippen molar-refractivity contribution in [1.29, 1.82) is 0 Å². The molecule has 5 nitrogen and oxygen atoms in total. The Hall–Kier alpha value is -2.04. The molecule has 0 unspecified atom stereocenters. The highest BCUT2D eigenvalue weighted by atomic mass is 16.1. The second-order valence-electron chi connectivity index (χ2n) is 4.67. The molecule has 20 heavy (non-hydrogen) atoms. The highest BCUT2D eigenvalue weighted by Gasteiger charge is 2.03. The number of nitrogens with zero attached hydrogens (tertiary/aromatic N) is 1. The number of amides is 1. The fourth-order valence-corrected chi connectivity index (χ4v) is 1.67. The number of carbonyl (C=O) groups excluding carboxylic acids is 1. The lowest BCUT2D eigenvalue weighted by molar-refractivity contribution is 0.0954. The number of nitrogens with one attached hydrogen (secondary N) is 2. The summed E-state index contributed by atoms with van der Waals surface area (Å²) >= 11 is 0. The van der Waals surface area contributed by atoms with E-state index in [2.05, 4.69) is 22.5 Å². The Kier molecular flexibility index (Phi) is 7.17. The molecule has 0 aromatic heterocycles. The van der Waals surface area contributed by atoms with Crippen LogP contribution in [-0.4, -0.2) is 31.5 Å². The molecule has 0 radical (unpaired) electrons. The Morgan fingerprint density at radius 2 is 2.05 bits per heavy atom. The van der Waals surface area contributed by atoms with E-state index >= 15 is 0 Å². The fourth-order valence-electron chi connectivity index (χ4n) is 1.67. The molecule has 1 amide bonds. The molecule has 0 saturated heterocycles. The number of aryl methyl sites for hydroxylation is 1. The first kappa shape index (κ1) is 16.0. The normalized spacial score (nSPS) is 11.2. The first-order valence-electron chi connectivity index (χ1n) is 7.02. The van der Waals surface area contributed by atoms with Crippen molar-refractivity contribution in [3.63, 3.8) is 0 Å². The SMILES string of the molecule is CCCCN=C(N)NCCNC(=O)c1cccc(C)c1. The third-order valence-electron chi connectivity index (χ3n) is 2.79. The molecule has 0 atom stereocenters. The summed E-state index contributed by atoms with van der Waals surface area (Å²) in [5.41, 5.74) is 7.44. The molecule has 0 bridgehead atoms. The number of aliphatic imine (C=N–C) groups is 1. The van der Waals surface area contributed by atoms with Gasteiger partial charge in [0.15, 0.2) is 5.96 Å². The van der Waals surface area contributed by atoms with Crippen molar-refractivity contribution in [2.45, 2.75) is 26.7 Å². The van der Waals surface area contributed by atoms with Crippen molar-refractivity contribution in [2.75, 3.05) is 19.6 Å². The summed E-state index contributed by atoms with van der Waals surface area (Å²) in [6.45, 7) is 5.90. The van der Waals surface area contributed by atoms with Gasteiger partial charge in [0.2, 0.25) is 0 Å². The van der Waals surface area contributed by atoms with Crippen LogP contribution in [-0.2, 0) is 0 Å². The summed E-state index contributed by atoms with van der Waals surface area (Å²) in [5.74, 6) is 0.361. The molecule has 0 heterocycles. The molecular weight excluding hydrogens is 252 g/mol. The van der Waals surface area contributed by atoms with Gasteiger partial charge in [-0.05, 0) is 25.5 Å². The van der Waals surface area contributed by atoms with Gasteiger partial charge in [0, 0.05) is 25.2 Å². The van der Waals surface area contributed by atoms with Crippen LogP contribution in [0.5, 0.6) is 0 Å². The third kappa shape index (κ3) is 6.22. The number of carbonyl (C=O) groups is 1. The highest BCUT2D eigenvalue weighted by molar-refractivity contribution is 5.94. The Morgan fingerprint density at radius 3 is 2.75 bits per heavy atom. The van der Waals surface area contributed by atoms with Gasteiger partial charge in [0.1, 0.15) is 0 Å². The van der Waals surface area contributed by atoms with Crippen LogP contribution in [0.2, 0.25) is 0 Å². The monoisotopic (exact) mass is 276 g/mol. The number of guanidine groups is 1. The lowest BCUT2D eigenvalue weighted by atomic mass is 10.1. The molecule has 4 N–H and O–H groups in total. The smallest absolute Gasteiger partial charge is 0.251 e. The van der Waals surface area contributed by atoms with Crippen LogP contribution in [0.1, 0.15) is 35.7 Å². The van der Waals surface area contributed by atoms with Crippen LogP contribution in [0.25, 0.3) is 0 Å². The molecule has 5 heteroatoms. The van der Waals surface area contributed by atoms with Gasteiger partial charge in [0.25, 0.3) is 5.91 Å². The molecule has 110 valence electrons. The molecular formula is C15H24N4O. The first-order valence-corrected chi connectivity index (χ1v) is 7.02. The predicted molar refractivity (Wildman–Crippen MR) is 82.9 cm³/mol. The molecule has 1 aromatic rings. The van der Waals surface area contributed by atoms with Gasteiger partial charge in [0.05, 0.1) is 0 Å². The lowest BCUT2D eigenvalue weighted by Crippen LogP contribution is -2.38. The number of rotatable bonds is 7. The summed E-state index contributed by atoms with van der Waals surface area (Å²) in [7, 11) is 0. The van der Waals surface area contributed by atoms with Crippen LogP contribution in [0.15, 0.2) is 29.3 Å². The largest absolute Gasteiger partial charge is 0.370 e. The first-order chi connectivity index (χ1) is 9.63. The topological polar surface area (TPSA) is 79.5 Å². The zero-order valence-corrected chi connectivity index (χ0v) is 12.3. The molecule has 1 rings (SSSR count). The predicted octanol–water partition coefficient (Wildman–Crippen LogP) is 1.43. The second-order valence-corrected chi connectivity index (χ2v) is 4.67. The van der Waals surface area contributed by atoms with Gasteiger partial charge >= 0.3 is 0 Å². The number of hydrogen-bond donors (Lipinski definition) is 3. The van der Waals surface area contributed by atoms with Crippen molar-refractivity contribution in [3.05, 3.63) is 35.4 Å². The van der Waals surface area contributed by atoms with Gasteiger partial charge in [-0.15, -0.1) is 0 Å². The van der Waals surface area contributed by atoms with E-state index in [0.717, 1.165) is 24.9 Å². The van der Waals surface area contributed by atoms with Gasteiger partial charge in [-0.2, -0.15) is 0 Å². The van der Waals surface area contributed by atoms with Crippen LogP contribution in [0.3, 0.4) is 0 Å². The molecule has 0 aliphatic heterocycles. The molecule has 1 aromatic carbocycles. The minimum absolute atomic E-state index is 0.0722.